The third-order valence-corrected chi connectivity index (χ3v) is 7.68. The van der Waals surface area contributed by atoms with Crippen molar-refractivity contribution in [1.29, 1.82) is 0 Å². The van der Waals surface area contributed by atoms with E-state index in [1.54, 1.807) is 6.26 Å². The Morgan fingerprint density at radius 3 is 2.59 bits per heavy atom. The molecular weight excluding hydrogens is 463 g/mol. The Labute approximate surface area is 191 Å². The van der Waals surface area contributed by atoms with Gasteiger partial charge < -0.3 is 14.6 Å². The van der Waals surface area contributed by atoms with Crippen molar-refractivity contribution in [2.75, 3.05) is 31.4 Å². The number of hydrogen-bond donors (Lipinski definition) is 1. The molecule has 0 spiro atoms. The number of hydrogen-bond acceptors (Lipinski definition) is 7. The van der Waals surface area contributed by atoms with Gasteiger partial charge in [0.2, 0.25) is 15.9 Å². The van der Waals surface area contributed by atoms with Crippen LogP contribution in [-0.2, 0) is 19.6 Å². The minimum atomic E-state index is -4.08. The van der Waals surface area contributed by atoms with Gasteiger partial charge in [-0.3, -0.25) is 4.90 Å². The van der Waals surface area contributed by atoms with Crippen LogP contribution in [0.25, 0.3) is 0 Å². The number of anilines is 1. The molecule has 1 aromatic rings. The molecule has 2 rings (SSSR count). The highest BCUT2D eigenvalue weighted by Gasteiger charge is 2.39. The molecule has 0 fully saturated rings. The molecule has 1 atom stereocenters. The Hall–Kier alpha value is -2.31. The third-order valence-electron chi connectivity index (χ3n) is 4.98. The van der Waals surface area contributed by atoms with Gasteiger partial charge in [-0.25, -0.2) is 18.0 Å². The molecule has 0 radical (unpaired) electrons. The van der Waals surface area contributed by atoms with Crippen LogP contribution >= 0.6 is 11.8 Å². The molecule has 1 aromatic carbocycles. The van der Waals surface area contributed by atoms with Crippen LogP contribution in [0.4, 0.5) is 14.9 Å². The number of esters is 1. The summed E-state index contributed by atoms with van der Waals surface area (Å²) in [6.07, 6.45) is 2.98. The fraction of sp³-hybridized carbons (Fsp3) is 0.500. The number of carbonyl (C=O) groups is 2. The normalized spacial score (nSPS) is 18.6. The lowest BCUT2D eigenvalue weighted by molar-refractivity contribution is -0.140. The van der Waals surface area contributed by atoms with Crippen molar-refractivity contribution in [3.05, 3.63) is 24.2 Å². The quantitative estimate of drug-likeness (QED) is 0.253. The molecular formula is C20H27FN2O7S2. The lowest BCUT2D eigenvalue weighted by atomic mass is 10.1. The summed E-state index contributed by atoms with van der Waals surface area (Å²) < 4.78 is 51.5. The van der Waals surface area contributed by atoms with Gasteiger partial charge in [0, 0.05) is 25.7 Å². The number of fused-ring (bicyclic) bond motifs is 1. The van der Waals surface area contributed by atoms with Gasteiger partial charge in [0.1, 0.15) is 16.9 Å². The molecule has 1 amide bonds. The minimum absolute atomic E-state index is 0.00473. The van der Waals surface area contributed by atoms with Crippen LogP contribution in [0.1, 0.15) is 33.1 Å². The van der Waals surface area contributed by atoms with Crippen molar-refractivity contribution in [2.24, 2.45) is 0 Å². The van der Waals surface area contributed by atoms with Gasteiger partial charge in [-0.15, -0.1) is 11.8 Å². The number of benzene rings is 1. The highest BCUT2D eigenvalue weighted by molar-refractivity contribution is 7.98. The van der Waals surface area contributed by atoms with Gasteiger partial charge in [0.25, 0.3) is 0 Å². The van der Waals surface area contributed by atoms with Crippen LogP contribution in [-0.4, -0.2) is 62.4 Å². The molecule has 0 saturated carbocycles. The van der Waals surface area contributed by atoms with E-state index in [1.165, 1.54) is 24.3 Å². The number of amides is 1. The zero-order valence-electron chi connectivity index (χ0n) is 18.3. The maximum atomic E-state index is 13.9. The second-order valence-corrected chi connectivity index (χ2v) is 9.80. The molecule has 1 heterocycles. The number of rotatable bonds is 8. The predicted molar refractivity (Wildman–Crippen MR) is 118 cm³/mol. The third kappa shape index (κ3) is 5.54. The molecule has 178 valence electrons. The summed E-state index contributed by atoms with van der Waals surface area (Å²) in [5.74, 6) is -2.54. The van der Waals surface area contributed by atoms with Gasteiger partial charge in [0.05, 0.1) is 17.2 Å². The highest BCUT2D eigenvalue weighted by atomic mass is 32.2. The molecule has 1 N–H and O–H groups in total. The number of halogens is 1. The van der Waals surface area contributed by atoms with E-state index < -0.39 is 34.0 Å². The first kappa shape index (κ1) is 25.9. The highest BCUT2D eigenvalue weighted by Crippen LogP contribution is 2.41. The first-order chi connectivity index (χ1) is 15.1. The lowest BCUT2D eigenvalue weighted by Crippen LogP contribution is -2.43. The molecule has 0 aromatic heterocycles. The molecule has 9 nitrogen and oxygen atoms in total. The summed E-state index contributed by atoms with van der Waals surface area (Å²) in [6, 6.07) is 1.99. The van der Waals surface area contributed by atoms with Crippen LogP contribution in [0.2, 0.25) is 0 Å². The molecule has 12 heteroatoms. The average molecular weight is 491 g/mol. The molecule has 1 aliphatic heterocycles. The Morgan fingerprint density at radius 2 is 2.03 bits per heavy atom. The standard InChI is InChI=1S/C20H27FN2O7S2/c1-5-7-8-13-11-23(20(25)26)15-9-17(31-4)16(10-18(15)32(27,28)22(13)3)30-12-14(21)19(24)29-6-2/h9-10,12-13H,5-8,11H2,1-4H3,(H,25,26)/b14-12-. The van der Waals surface area contributed by atoms with E-state index in [1.807, 2.05) is 6.92 Å². The van der Waals surface area contributed by atoms with E-state index in [9.17, 15) is 27.5 Å². The monoisotopic (exact) mass is 490 g/mol. The zero-order chi connectivity index (χ0) is 24.1. The van der Waals surface area contributed by atoms with Crippen LogP contribution in [0.15, 0.2) is 34.0 Å². The summed E-state index contributed by atoms with van der Waals surface area (Å²) in [4.78, 5) is 24.6. The molecule has 0 saturated heterocycles. The van der Waals surface area contributed by atoms with Gasteiger partial charge >= 0.3 is 12.1 Å². The van der Waals surface area contributed by atoms with Crippen LogP contribution in [0, 0.1) is 0 Å². The molecule has 0 aliphatic carbocycles. The number of likely N-dealkylation sites (N-methyl/N-ethyl adjacent to an activating group) is 1. The number of nitrogens with zero attached hydrogens (tertiary/aromatic N) is 2. The van der Waals surface area contributed by atoms with Crippen molar-refractivity contribution in [3.63, 3.8) is 0 Å². The van der Waals surface area contributed by atoms with E-state index in [-0.39, 0.29) is 29.5 Å². The summed E-state index contributed by atoms with van der Waals surface area (Å²) in [5.41, 5.74) is -0.00473. The summed E-state index contributed by atoms with van der Waals surface area (Å²) in [6.45, 7) is 3.44. The van der Waals surface area contributed by atoms with Crippen molar-refractivity contribution >= 4 is 39.5 Å². The number of unbranched alkanes of at least 4 members (excludes halogenated alkanes) is 1. The molecule has 32 heavy (non-hydrogen) atoms. The van der Waals surface area contributed by atoms with E-state index >= 15 is 0 Å². The Morgan fingerprint density at radius 1 is 1.34 bits per heavy atom. The fourth-order valence-corrected chi connectivity index (χ4v) is 5.33. The summed E-state index contributed by atoms with van der Waals surface area (Å²) in [7, 11) is -2.67. The number of thioether (sulfide) groups is 1. The van der Waals surface area contributed by atoms with Gasteiger partial charge in [0.15, 0.2) is 0 Å². The van der Waals surface area contributed by atoms with E-state index in [0.29, 0.717) is 17.6 Å². The minimum Gasteiger partial charge on any atom is -0.465 e. The fourth-order valence-electron chi connectivity index (χ4n) is 3.23. The topological polar surface area (TPSA) is 113 Å². The maximum absolute atomic E-state index is 13.9. The average Bonchev–Trinajstić information content (AvgIpc) is 2.83. The second-order valence-electron chi connectivity index (χ2n) is 6.99. The Balaban J connectivity index is 2.60. The van der Waals surface area contributed by atoms with Crippen LogP contribution in [0.3, 0.4) is 0 Å². The Kier molecular flexibility index (Phi) is 8.93. The molecule has 0 bridgehead atoms. The number of ether oxygens (including phenoxy) is 2. The van der Waals surface area contributed by atoms with E-state index in [2.05, 4.69) is 4.74 Å². The van der Waals surface area contributed by atoms with Crippen molar-refractivity contribution in [3.8, 4) is 5.75 Å². The van der Waals surface area contributed by atoms with Gasteiger partial charge in [-0.05, 0) is 25.7 Å². The van der Waals surface area contributed by atoms with Crippen molar-refractivity contribution < 1.29 is 37.0 Å². The predicted octanol–water partition coefficient (Wildman–Crippen LogP) is 3.84. The van der Waals surface area contributed by atoms with Gasteiger partial charge in [-0.1, -0.05) is 19.8 Å². The van der Waals surface area contributed by atoms with Crippen molar-refractivity contribution in [1.82, 2.24) is 4.31 Å². The lowest BCUT2D eigenvalue weighted by Gasteiger charge is -2.26. The maximum Gasteiger partial charge on any atom is 0.411 e. The van der Waals surface area contributed by atoms with Crippen LogP contribution < -0.4 is 9.64 Å². The van der Waals surface area contributed by atoms with E-state index in [0.717, 1.165) is 35.6 Å². The summed E-state index contributed by atoms with van der Waals surface area (Å²) in [5, 5.41) is 9.79. The summed E-state index contributed by atoms with van der Waals surface area (Å²) >= 11 is 1.15. The largest absolute Gasteiger partial charge is 0.465 e. The molecule has 1 unspecified atom stereocenters. The Bertz CT molecular complexity index is 998. The first-order valence-corrected chi connectivity index (χ1v) is 12.6. The SMILES string of the molecule is CCCCC1CN(C(=O)O)c2cc(SC)c(O/C=C(\F)C(=O)OCC)cc2S(=O)(=O)N1C. The van der Waals surface area contributed by atoms with Crippen molar-refractivity contribution in [2.45, 2.75) is 48.9 Å². The number of carboxylic acid groups (broad SMARTS) is 1. The number of carbonyl (C=O) groups excluding carboxylic acids is 1. The number of sulfonamides is 1. The van der Waals surface area contributed by atoms with E-state index in [4.69, 9.17) is 4.74 Å². The second kappa shape index (κ2) is 11.0. The van der Waals surface area contributed by atoms with Gasteiger partial charge in [-0.2, -0.15) is 8.70 Å². The smallest absolute Gasteiger partial charge is 0.411 e. The van der Waals surface area contributed by atoms with Crippen LogP contribution in [0.5, 0.6) is 5.75 Å². The first-order valence-electron chi connectivity index (χ1n) is 9.98. The molecule has 1 aliphatic rings. The zero-order valence-corrected chi connectivity index (χ0v) is 20.0.